The van der Waals surface area contributed by atoms with Gasteiger partial charge in [0.1, 0.15) is 0 Å². The Morgan fingerprint density at radius 3 is 2.88 bits per heavy atom. The molecule has 17 heavy (non-hydrogen) atoms. The van der Waals surface area contributed by atoms with Gasteiger partial charge < -0.3 is 11.1 Å². The second kappa shape index (κ2) is 7.18. The Hall–Kier alpha value is -0.330. The minimum Gasteiger partial charge on any atom is -0.328 e. The quantitative estimate of drug-likeness (QED) is 0.785. The third-order valence-corrected chi connectivity index (χ3v) is 3.25. The molecule has 0 saturated carbocycles. The van der Waals surface area contributed by atoms with E-state index in [2.05, 4.69) is 27.9 Å². The van der Waals surface area contributed by atoms with Crippen molar-refractivity contribution >= 4 is 45.8 Å². The number of carbonyl (C=O) groups excluding carboxylic acids is 1. The first-order valence-electron chi connectivity index (χ1n) is 5.49. The molecule has 0 aromatic heterocycles. The monoisotopic (exact) mass is 366 g/mol. The largest absolute Gasteiger partial charge is 0.328 e. The molecule has 0 saturated heterocycles. The molecule has 1 aromatic rings. The van der Waals surface area contributed by atoms with E-state index in [-0.39, 0.29) is 11.9 Å². The molecule has 3 N–H and O–H groups in total. The van der Waals surface area contributed by atoms with Crippen molar-refractivity contribution < 1.29 is 4.79 Å². The summed E-state index contributed by atoms with van der Waals surface area (Å²) in [6.45, 7) is 1.94. The topological polar surface area (TPSA) is 55.1 Å². The molecule has 94 valence electrons. The normalized spacial score (nSPS) is 12.2. The highest BCUT2D eigenvalue weighted by molar-refractivity contribution is 14.1. The highest BCUT2D eigenvalue weighted by Crippen LogP contribution is 2.24. The lowest BCUT2D eigenvalue weighted by Crippen LogP contribution is -2.17. The zero-order valence-electron chi connectivity index (χ0n) is 9.67. The fourth-order valence-electron chi connectivity index (χ4n) is 1.39. The van der Waals surface area contributed by atoms with E-state index in [1.807, 2.05) is 25.1 Å². The molecule has 0 aliphatic heterocycles. The van der Waals surface area contributed by atoms with Crippen LogP contribution in [0, 0.1) is 3.57 Å². The summed E-state index contributed by atoms with van der Waals surface area (Å²) in [5.41, 5.74) is 6.28. The highest BCUT2D eigenvalue weighted by atomic mass is 127. The maximum atomic E-state index is 11.6. The summed E-state index contributed by atoms with van der Waals surface area (Å²) in [5.74, 6) is -0.0197. The average molecular weight is 367 g/mol. The molecule has 1 unspecified atom stereocenters. The number of anilines is 1. The predicted molar refractivity (Wildman–Crippen MR) is 80.3 cm³/mol. The van der Waals surface area contributed by atoms with E-state index in [0.717, 1.165) is 16.4 Å². The van der Waals surface area contributed by atoms with Crippen LogP contribution in [0.2, 0.25) is 5.02 Å². The number of rotatable bonds is 5. The van der Waals surface area contributed by atoms with Crippen molar-refractivity contribution in [1.29, 1.82) is 0 Å². The van der Waals surface area contributed by atoms with Crippen molar-refractivity contribution in [3.63, 3.8) is 0 Å². The lowest BCUT2D eigenvalue weighted by molar-refractivity contribution is -0.116. The molecule has 0 spiro atoms. The molecule has 0 heterocycles. The molecule has 3 nitrogen and oxygen atoms in total. The number of hydrogen-bond donors (Lipinski definition) is 2. The van der Waals surface area contributed by atoms with Crippen LogP contribution in [-0.2, 0) is 4.79 Å². The molecular formula is C12H16ClIN2O. The van der Waals surface area contributed by atoms with E-state index in [9.17, 15) is 4.79 Å². The summed E-state index contributed by atoms with van der Waals surface area (Å²) in [6, 6.07) is 5.68. The third kappa shape index (κ3) is 5.70. The molecule has 5 heteroatoms. The number of halogens is 2. The number of amides is 1. The summed E-state index contributed by atoms with van der Waals surface area (Å²) in [7, 11) is 0. The minimum absolute atomic E-state index is 0.0197. The summed E-state index contributed by atoms with van der Waals surface area (Å²) in [5, 5.41) is 3.36. The summed E-state index contributed by atoms with van der Waals surface area (Å²) < 4.78 is 1.04. The molecule has 0 fully saturated rings. The van der Waals surface area contributed by atoms with E-state index in [0.29, 0.717) is 17.1 Å². The molecule has 0 aliphatic carbocycles. The van der Waals surface area contributed by atoms with E-state index >= 15 is 0 Å². The van der Waals surface area contributed by atoms with Crippen LogP contribution in [0.15, 0.2) is 18.2 Å². The summed E-state index contributed by atoms with van der Waals surface area (Å²) >= 11 is 8.19. The number of nitrogens with one attached hydrogen (secondary N) is 1. The van der Waals surface area contributed by atoms with Gasteiger partial charge in [0.2, 0.25) is 5.91 Å². The first kappa shape index (κ1) is 14.7. The maximum absolute atomic E-state index is 11.6. The number of benzene rings is 1. The Labute approximate surface area is 120 Å². The van der Waals surface area contributed by atoms with Crippen LogP contribution in [0.25, 0.3) is 0 Å². The Bertz CT molecular complexity index is 396. The van der Waals surface area contributed by atoms with E-state index in [4.69, 9.17) is 17.3 Å². The molecule has 0 aliphatic rings. The van der Waals surface area contributed by atoms with Crippen molar-refractivity contribution in [2.45, 2.75) is 32.2 Å². The standard InChI is InChI=1S/C12H16ClIN2O/c1-8(15)3-2-4-12(17)16-11-6-5-9(14)7-10(11)13/h5-8H,2-4,15H2,1H3,(H,16,17). The Kier molecular flexibility index (Phi) is 6.22. The smallest absolute Gasteiger partial charge is 0.224 e. The molecular weight excluding hydrogens is 351 g/mol. The fourth-order valence-corrected chi connectivity index (χ4v) is 2.29. The van der Waals surface area contributed by atoms with Gasteiger partial charge in [-0.15, -0.1) is 0 Å². The van der Waals surface area contributed by atoms with E-state index in [1.165, 1.54) is 0 Å². The van der Waals surface area contributed by atoms with Gasteiger partial charge in [-0.3, -0.25) is 4.79 Å². The van der Waals surface area contributed by atoms with Gasteiger partial charge in [0.05, 0.1) is 10.7 Å². The average Bonchev–Trinajstić information content (AvgIpc) is 2.21. The fraction of sp³-hybridized carbons (Fsp3) is 0.417. The van der Waals surface area contributed by atoms with Crippen LogP contribution in [0.3, 0.4) is 0 Å². The third-order valence-electron chi connectivity index (χ3n) is 2.27. The maximum Gasteiger partial charge on any atom is 0.224 e. The molecule has 1 atom stereocenters. The van der Waals surface area contributed by atoms with Crippen molar-refractivity contribution in [2.75, 3.05) is 5.32 Å². The van der Waals surface area contributed by atoms with Gasteiger partial charge >= 0.3 is 0 Å². The van der Waals surface area contributed by atoms with Gasteiger partial charge in [-0.1, -0.05) is 11.6 Å². The SMILES string of the molecule is CC(N)CCCC(=O)Nc1ccc(I)cc1Cl. The van der Waals surface area contributed by atoms with Gasteiger partial charge in [0.25, 0.3) is 0 Å². The Morgan fingerprint density at radius 2 is 2.29 bits per heavy atom. The van der Waals surface area contributed by atoms with E-state index < -0.39 is 0 Å². The minimum atomic E-state index is -0.0197. The zero-order chi connectivity index (χ0) is 12.8. The molecule has 1 amide bonds. The number of nitrogens with two attached hydrogens (primary N) is 1. The van der Waals surface area contributed by atoms with Crippen LogP contribution < -0.4 is 11.1 Å². The molecule has 0 radical (unpaired) electrons. The first-order chi connectivity index (χ1) is 7.99. The first-order valence-corrected chi connectivity index (χ1v) is 6.95. The van der Waals surface area contributed by atoms with Crippen molar-refractivity contribution in [3.8, 4) is 0 Å². The number of hydrogen-bond acceptors (Lipinski definition) is 2. The van der Waals surface area contributed by atoms with Gasteiger partial charge in [-0.2, -0.15) is 0 Å². The van der Waals surface area contributed by atoms with Crippen molar-refractivity contribution in [2.24, 2.45) is 5.73 Å². The molecule has 1 rings (SSSR count). The lowest BCUT2D eigenvalue weighted by atomic mass is 10.1. The predicted octanol–water partition coefficient (Wildman–Crippen LogP) is 3.40. The van der Waals surface area contributed by atoms with Gasteiger partial charge in [0, 0.05) is 16.0 Å². The van der Waals surface area contributed by atoms with E-state index in [1.54, 1.807) is 0 Å². The van der Waals surface area contributed by atoms with Crippen molar-refractivity contribution in [1.82, 2.24) is 0 Å². The van der Waals surface area contributed by atoms with Crippen molar-refractivity contribution in [3.05, 3.63) is 26.8 Å². The zero-order valence-corrected chi connectivity index (χ0v) is 12.6. The van der Waals surface area contributed by atoms with Crippen LogP contribution >= 0.6 is 34.2 Å². The van der Waals surface area contributed by atoms with Crippen LogP contribution in [0.4, 0.5) is 5.69 Å². The number of carbonyl (C=O) groups is 1. The van der Waals surface area contributed by atoms with Gasteiger partial charge in [0.15, 0.2) is 0 Å². The summed E-state index contributed by atoms with van der Waals surface area (Å²) in [6.07, 6.45) is 2.13. The Balaban J connectivity index is 2.45. The molecule has 0 bridgehead atoms. The lowest BCUT2D eigenvalue weighted by Gasteiger charge is -2.08. The second-order valence-corrected chi connectivity index (χ2v) is 5.69. The second-order valence-electron chi connectivity index (χ2n) is 4.04. The molecule has 1 aromatic carbocycles. The van der Waals surface area contributed by atoms with Gasteiger partial charge in [-0.05, 0) is 60.6 Å². The van der Waals surface area contributed by atoms with Crippen LogP contribution in [-0.4, -0.2) is 11.9 Å². The van der Waals surface area contributed by atoms with Crippen LogP contribution in [0.5, 0.6) is 0 Å². The van der Waals surface area contributed by atoms with Gasteiger partial charge in [-0.25, -0.2) is 0 Å². The van der Waals surface area contributed by atoms with Crippen LogP contribution in [0.1, 0.15) is 26.2 Å². The summed E-state index contributed by atoms with van der Waals surface area (Å²) in [4.78, 5) is 11.6. The Morgan fingerprint density at radius 1 is 1.59 bits per heavy atom. The highest BCUT2D eigenvalue weighted by Gasteiger charge is 2.06.